The van der Waals surface area contributed by atoms with Crippen molar-refractivity contribution in [1.29, 1.82) is 0 Å². The Morgan fingerprint density at radius 2 is 1.50 bits per heavy atom. The molecule has 2 heterocycles. The maximum absolute atomic E-state index is 11.1. The van der Waals surface area contributed by atoms with Crippen molar-refractivity contribution in [2.45, 2.75) is 98.2 Å². The number of hydrogen-bond acceptors (Lipinski definition) is 15. The normalized spacial score (nSPS) is 54.4. The molecule has 34 heavy (non-hydrogen) atoms. The van der Waals surface area contributed by atoms with Crippen LogP contribution in [0.15, 0.2) is 0 Å². The lowest BCUT2D eigenvalue weighted by molar-refractivity contribution is -0.317. The third-order valence-corrected chi connectivity index (χ3v) is 7.07. The van der Waals surface area contributed by atoms with E-state index in [1.807, 2.05) is 0 Å². The Bertz CT molecular complexity index is 664. The van der Waals surface area contributed by atoms with Gasteiger partial charge < -0.3 is 76.6 Å². The Morgan fingerprint density at radius 1 is 0.853 bits per heavy atom. The van der Waals surface area contributed by atoms with Crippen LogP contribution in [0.4, 0.5) is 0 Å². The Balaban J connectivity index is 1.86. The molecular formula is C19H37N3O12. The summed E-state index contributed by atoms with van der Waals surface area (Å²) in [6, 6.07) is -3.51. The van der Waals surface area contributed by atoms with Crippen LogP contribution < -0.4 is 16.8 Å². The fraction of sp³-hybridized carbons (Fsp3) is 1.00. The van der Waals surface area contributed by atoms with Gasteiger partial charge in [0.05, 0.1) is 43.5 Å². The van der Waals surface area contributed by atoms with Crippen molar-refractivity contribution in [1.82, 2.24) is 5.32 Å². The Hall–Kier alpha value is -0.600. The van der Waals surface area contributed by atoms with Crippen molar-refractivity contribution in [2.75, 3.05) is 20.3 Å². The summed E-state index contributed by atoms with van der Waals surface area (Å²) in [5.41, 5.74) is 9.59. The van der Waals surface area contributed by atoms with Crippen molar-refractivity contribution in [3.63, 3.8) is 0 Å². The standard InChI is InChI=1S/C19H37N3O12/c1-5-19(30,4-24)16(34-17-9(22-2)13(28)10(25)6(3-23)32-17)18(31-5)33-15-8(21)11(26)7(20)12(27)14(15)29/h5-18,22-30H,3-4,20-21H2,1-2H3/t5-,6-,7+,8-,9-,10-,11+,12-,13-,14+,15+,16-,17-,18?,19+/m0/s1. The van der Waals surface area contributed by atoms with Crippen LogP contribution in [-0.4, -0.2) is 152 Å². The zero-order chi connectivity index (χ0) is 25.5. The van der Waals surface area contributed by atoms with E-state index in [0.29, 0.717) is 0 Å². The van der Waals surface area contributed by atoms with Crippen LogP contribution in [0.5, 0.6) is 0 Å². The highest BCUT2D eigenvalue weighted by Gasteiger charge is 2.59. The zero-order valence-electron chi connectivity index (χ0n) is 18.9. The summed E-state index contributed by atoms with van der Waals surface area (Å²) in [4.78, 5) is 0. The van der Waals surface area contributed by atoms with Crippen LogP contribution in [0.25, 0.3) is 0 Å². The molecule has 2 saturated heterocycles. The van der Waals surface area contributed by atoms with Crippen LogP contribution >= 0.6 is 0 Å². The maximum atomic E-state index is 11.1. The van der Waals surface area contributed by atoms with E-state index in [2.05, 4.69) is 5.32 Å². The summed E-state index contributed by atoms with van der Waals surface area (Å²) in [6.45, 7) is -0.0612. The summed E-state index contributed by atoms with van der Waals surface area (Å²) in [5, 5.41) is 84.6. The van der Waals surface area contributed by atoms with Gasteiger partial charge in [0.25, 0.3) is 0 Å². The maximum Gasteiger partial charge on any atom is 0.187 e. The van der Waals surface area contributed by atoms with Crippen LogP contribution in [0, 0.1) is 0 Å². The largest absolute Gasteiger partial charge is 0.394 e. The predicted octanol–water partition coefficient (Wildman–Crippen LogP) is -7.00. The lowest BCUT2D eigenvalue weighted by Crippen LogP contribution is -2.70. The first-order valence-corrected chi connectivity index (χ1v) is 11.1. The van der Waals surface area contributed by atoms with Crippen LogP contribution in [0.1, 0.15) is 6.92 Å². The molecule has 15 nitrogen and oxygen atoms in total. The summed E-state index contributed by atoms with van der Waals surface area (Å²) in [6.07, 6.45) is -15.5. The Labute approximate surface area is 195 Å². The van der Waals surface area contributed by atoms with Crippen LogP contribution in [-0.2, 0) is 18.9 Å². The molecule has 200 valence electrons. The van der Waals surface area contributed by atoms with Gasteiger partial charge in [-0.3, -0.25) is 0 Å². The molecule has 3 fully saturated rings. The monoisotopic (exact) mass is 499 g/mol. The SMILES string of the molecule is CN[C@@H]1[C@H](O[C@H]2C(O[C@@H]3[C@@H](N)[C@H](O)[C@@H](N)[C@H](O)[C@H]3O)O[C@@H](C)[C@]2(O)CO)O[C@@H](CO)[C@H](O)[C@H]1O. The first kappa shape index (κ1) is 28.0. The minimum absolute atomic E-state index is 0.643. The zero-order valence-corrected chi connectivity index (χ0v) is 18.9. The lowest BCUT2D eigenvalue weighted by Gasteiger charge is -2.46. The number of rotatable bonds is 7. The average molecular weight is 500 g/mol. The van der Waals surface area contributed by atoms with Gasteiger partial charge in [-0.2, -0.15) is 0 Å². The van der Waals surface area contributed by atoms with Gasteiger partial charge in [0, 0.05) is 0 Å². The van der Waals surface area contributed by atoms with Crippen molar-refractivity contribution < 1.29 is 59.8 Å². The number of aliphatic hydroxyl groups is 8. The van der Waals surface area contributed by atoms with Crippen molar-refractivity contribution in [3.05, 3.63) is 0 Å². The molecule has 0 bridgehead atoms. The Kier molecular flexibility index (Phi) is 8.88. The van der Waals surface area contributed by atoms with Gasteiger partial charge in [0.2, 0.25) is 0 Å². The molecule has 0 aromatic rings. The molecule has 0 radical (unpaired) electrons. The van der Waals surface area contributed by atoms with Gasteiger partial charge in [-0.05, 0) is 14.0 Å². The van der Waals surface area contributed by atoms with E-state index in [9.17, 15) is 40.9 Å². The molecule has 0 aromatic heterocycles. The topological polar surface area (TPSA) is 263 Å². The van der Waals surface area contributed by atoms with E-state index in [1.54, 1.807) is 0 Å². The second-order valence-corrected chi connectivity index (χ2v) is 9.10. The second-order valence-electron chi connectivity index (χ2n) is 9.10. The summed E-state index contributed by atoms with van der Waals surface area (Å²) in [5.74, 6) is 0. The quantitative estimate of drug-likeness (QED) is 0.155. The first-order chi connectivity index (χ1) is 15.9. The second kappa shape index (κ2) is 10.8. The molecule has 1 aliphatic carbocycles. The van der Waals surface area contributed by atoms with Gasteiger partial charge in [-0.25, -0.2) is 0 Å². The van der Waals surface area contributed by atoms with Crippen molar-refractivity contribution in [3.8, 4) is 0 Å². The number of ether oxygens (including phenoxy) is 4. The van der Waals surface area contributed by atoms with Crippen molar-refractivity contribution in [2.24, 2.45) is 11.5 Å². The number of nitrogens with two attached hydrogens (primary N) is 2. The van der Waals surface area contributed by atoms with Gasteiger partial charge in [0.1, 0.15) is 48.3 Å². The molecule has 15 heteroatoms. The fourth-order valence-corrected chi connectivity index (χ4v) is 4.64. The van der Waals surface area contributed by atoms with E-state index in [-0.39, 0.29) is 0 Å². The highest BCUT2D eigenvalue weighted by Crippen LogP contribution is 2.38. The highest BCUT2D eigenvalue weighted by atomic mass is 16.8. The van der Waals surface area contributed by atoms with E-state index in [0.717, 1.165) is 0 Å². The number of likely N-dealkylation sites (N-methyl/N-ethyl adjacent to an activating group) is 1. The minimum Gasteiger partial charge on any atom is -0.394 e. The van der Waals surface area contributed by atoms with E-state index >= 15 is 0 Å². The van der Waals surface area contributed by atoms with Crippen molar-refractivity contribution >= 4 is 0 Å². The molecular weight excluding hydrogens is 462 g/mol. The van der Waals surface area contributed by atoms with Crippen LogP contribution in [0.2, 0.25) is 0 Å². The van der Waals surface area contributed by atoms with Gasteiger partial charge in [0.15, 0.2) is 12.6 Å². The van der Waals surface area contributed by atoms with Gasteiger partial charge in [-0.15, -0.1) is 0 Å². The molecule has 0 aromatic carbocycles. The molecule has 3 aliphatic rings. The number of aliphatic hydroxyl groups excluding tert-OH is 7. The fourth-order valence-electron chi connectivity index (χ4n) is 4.64. The molecule has 2 aliphatic heterocycles. The van der Waals surface area contributed by atoms with Gasteiger partial charge >= 0.3 is 0 Å². The summed E-state index contributed by atoms with van der Waals surface area (Å²) in [7, 11) is 1.46. The molecule has 15 atom stereocenters. The smallest absolute Gasteiger partial charge is 0.187 e. The number of hydrogen-bond donors (Lipinski definition) is 11. The van der Waals surface area contributed by atoms with Crippen LogP contribution in [0.3, 0.4) is 0 Å². The molecule has 0 amide bonds. The average Bonchev–Trinajstić information content (AvgIpc) is 3.06. The van der Waals surface area contributed by atoms with E-state index < -0.39 is 104 Å². The highest BCUT2D eigenvalue weighted by molar-refractivity contribution is 5.06. The number of nitrogens with one attached hydrogen (secondary N) is 1. The van der Waals surface area contributed by atoms with E-state index in [4.69, 9.17) is 30.4 Å². The first-order valence-electron chi connectivity index (χ1n) is 11.1. The summed E-state index contributed by atoms with van der Waals surface area (Å²) >= 11 is 0. The lowest BCUT2D eigenvalue weighted by atomic mass is 9.82. The minimum atomic E-state index is -2.06. The molecule has 3 rings (SSSR count). The Morgan fingerprint density at radius 3 is 2.06 bits per heavy atom. The van der Waals surface area contributed by atoms with E-state index in [1.165, 1.54) is 14.0 Å². The third kappa shape index (κ3) is 4.72. The molecule has 1 unspecified atom stereocenters. The summed E-state index contributed by atoms with van der Waals surface area (Å²) < 4.78 is 22.8. The third-order valence-electron chi connectivity index (χ3n) is 7.07. The molecule has 1 saturated carbocycles. The predicted molar refractivity (Wildman–Crippen MR) is 111 cm³/mol. The van der Waals surface area contributed by atoms with Gasteiger partial charge in [-0.1, -0.05) is 0 Å². The molecule has 0 spiro atoms. The molecule has 13 N–H and O–H groups in total.